The maximum atomic E-state index is 12.1. The van der Waals surface area contributed by atoms with Gasteiger partial charge >= 0.3 is 0 Å². The number of allylic oxidation sites excluding steroid dienone is 2. The Morgan fingerprint density at radius 3 is 2.47 bits per heavy atom. The molecule has 1 aliphatic carbocycles. The maximum absolute atomic E-state index is 12.1. The Morgan fingerprint density at radius 2 is 1.93 bits per heavy atom. The van der Waals surface area contributed by atoms with E-state index in [0.29, 0.717) is 29.2 Å². The van der Waals surface area contributed by atoms with E-state index in [4.69, 9.17) is 15.2 Å². The van der Waals surface area contributed by atoms with Gasteiger partial charge in [0.15, 0.2) is 5.41 Å². The minimum absolute atomic E-state index is 0.0800. The van der Waals surface area contributed by atoms with Crippen LogP contribution in [0.4, 0.5) is 0 Å². The minimum Gasteiger partial charge on any atom is -0.497 e. The summed E-state index contributed by atoms with van der Waals surface area (Å²) in [6.45, 7) is 2.03. The average molecular weight is 403 g/mol. The highest BCUT2D eigenvalue weighted by atomic mass is 16.5. The van der Waals surface area contributed by atoms with Crippen molar-refractivity contribution < 1.29 is 14.3 Å². The number of carbonyl (C=O) groups excluding carboxylic acids is 1. The lowest BCUT2D eigenvalue weighted by molar-refractivity contribution is -0.129. The third-order valence-corrected chi connectivity index (χ3v) is 5.88. The molecule has 8 heteroatoms. The fourth-order valence-corrected chi connectivity index (χ4v) is 4.36. The summed E-state index contributed by atoms with van der Waals surface area (Å²) in [5.74, 6) is -0.424. The summed E-state index contributed by atoms with van der Waals surface area (Å²) in [7, 11) is 3.01. The number of benzene rings is 1. The van der Waals surface area contributed by atoms with Crippen molar-refractivity contribution in [3.05, 3.63) is 46.7 Å². The zero-order valence-electron chi connectivity index (χ0n) is 17.0. The van der Waals surface area contributed by atoms with Gasteiger partial charge in [0, 0.05) is 37.4 Å². The van der Waals surface area contributed by atoms with Crippen LogP contribution in [-0.4, -0.2) is 38.1 Å². The maximum Gasteiger partial charge on any atom is 0.219 e. The van der Waals surface area contributed by atoms with Gasteiger partial charge < -0.3 is 20.1 Å². The van der Waals surface area contributed by atoms with Crippen LogP contribution in [0.15, 0.2) is 41.1 Å². The van der Waals surface area contributed by atoms with Gasteiger partial charge in [-0.2, -0.15) is 15.8 Å². The molecule has 1 amide bonds. The molecule has 0 saturated carbocycles. The monoisotopic (exact) mass is 403 g/mol. The molecule has 1 heterocycles. The van der Waals surface area contributed by atoms with Crippen LogP contribution in [-0.2, 0) is 4.79 Å². The first-order valence-electron chi connectivity index (χ1n) is 9.29. The number of hydrogen-bond acceptors (Lipinski definition) is 7. The van der Waals surface area contributed by atoms with Gasteiger partial charge in [0.1, 0.15) is 17.6 Å². The quantitative estimate of drug-likeness (QED) is 0.814. The van der Waals surface area contributed by atoms with E-state index in [1.54, 1.807) is 29.2 Å². The van der Waals surface area contributed by atoms with Crippen LogP contribution in [0.3, 0.4) is 0 Å². The Labute approximate surface area is 175 Å². The van der Waals surface area contributed by atoms with Crippen LogP contribution in [0.5, 0.6) is 11.5 Å². The number of rotatable bonds is 3. The number of amides is 1. The Morgan fingerprint density at radius 1 is 1.23 bits per heavy atom. The molecule has 0 aromatic heterocycles. The predicted octanol–water partition coefficient (Wildman–Crippen LogP) is 1.98. The molecule has 8 nitrogen and oxygen atoms in total. The van der Waals surface area contributed by atoms with E-state index in [0.717, 1.165) is 0 Å². The van der Waals surface area contributed by atoms with E-state index < -0.39 is 17.3 Å². The van der Waals surface area contributed by atoms with Gasteiger partial charge in [-0.25, -0.2) is 0 Å². The molecule has 0 fully saturated rings. The lowest BCUT2D eigenvalue weighted by Gasteiger charge is -2.45. The topological polar surface area (TPSA) is 136 Å². The van der Waals surface area contributed by atoms with Crippen molar-refractivity contribution in [3.63, 3.8) is 0 Å². The molecule has 152 valence electrons. The molecule has 2 N–H and O–H groups in total. The molecule has 0 saturated heterocycles. The largest absolute Gasteiger partial charge is 0.497 e. The molecule has 0 bridgehead atoms. The van der Waals surface area contributed by atoms with Crippen LogP contribution < -0.4 is 15.2 Å². The minimum atomic E-state index is -1.81. The summed E-state index contributed by atoms with van der Waals surface area (Å²) >= 11 is 0. The second kappa shape index (κ2) is 7.81. The van der Waals surface area contributed by atoms with Crippen LogP contribution in [0, 0.1) is 45.3 Å². The summed E-state index contributed by atoms with van der Waals surface area (Å²) in [6.07, 6.45) is 1.78. The van der Waals surface area contributed by atoms with E-state index >= 15 is 0 Å². The lowest BCUT2D eigenvalue weighted by atomic mass is 9.58. The van der Waals surface area contributed by atoms with Gasteiger partial charge in [-0.05, 0) is 23.8 Å². The Hall–Kier alpha value is -3.96. The number of nitrogens with two attached hydrogens (primary N) is 1. The summed E-state index contributed by atoms with van der Waals surface area (Å²) < 4.78 is 10.9. The highest BCUT2D eigenvalue weighted by molar-refractivity contribution is 5.74. The number of nitrogens with zero attached hydrogens (tertiary/aromatic N) is 4. The van der Waals surface area contributed by atoms with Crippen molar-refractivity contribution in [3.8, 4) is 29.7 Å². The van der Waals surface area contributed by atoms with Crippen molar-refractivity contribution in [2.45, 2.75) is 12.8 Å². The van der Waals surface area contributed by atoms with Crippen LogP contribution >= 0.6 is 0 Å². The van der Waals surface area contributed by atoms with E-state index in [-0.39, 0.29) is 23.7 Å². The molecule has 3 rings (SSSR count). The summed E-state index contributed by atoms with van der Waals surface area (Å²) in [5, 5.41) is 30.1. The second-order valence-corrected chi connectivity index (χ2v) is 7.21. The van der Waals surface area contributed by atoms with Crippen molar-refractivity contribution in [1.29, 1.82) is 15.8 Å². The molecular formula is C22H21N5O3. The summed E-state index contributed by atoms with van der Waals surface area (Å²) in [5.41, 5.74) is 5.73. The van der Waals surface area contributed by atoms with Gasteiger partial charge in [-0.1, -0.05) is 6.08 Å². The highest BCUT2D eigenvalue weighted by Gasteiger charge is 2.55. The van der Waals surface area contributed by atoms with Gasteiger partial charge in [0.25, 0.3) is 0 Å². The van der Waals surface area contributed by atoms with Gasteiger partial charge in [-0.3, -0.25) is 4.79 Å². The predicted molar refractivity (Wildman–Crippen MR) is 107 cm³/mol. The molecule has 0 radical (unpaired) electrons. The molecule has 30 heavy (non-hydrogen) atoms. The molecule has 2 aliphatic rings. The Kier molecular flexibility index (Phi) is 5.41. The van der Waals surface area contributed by atoms with E-state index in [1.165, 1.54) is 21.1 Å². The van der Waals surface area contributed by atoms with Gasteiger partial charge in [0.2, 0.25) is 5.91 Å². The number of fused-ring (bicyclic) bond motifs is 1. The average Bonchev–Trinajstić information content (AvgIpc) is 2.77. The van der Waals surface area contributed by atoms with E-state index in [1.807, 2.05) is 0 Å². The van der Waals surface area contributed by atoms with Crippen LogP contribution in [0.2, 0.25) is 0 Å². The summed E-state index contributed by atoms with van der Waals surface area (Å²) in [4.78, 5) is 13.7. The van der Waals surface area contributed by atoms with Crippen LogP contribution in [0.1, 0.15) is 18.4 Å². The number of nitriles is 3. The van der Waals surface area contributed by atoms with Gasteiger partial charge in [-0.15, -0.1) is 0 Å². The smallest absolute Gasteiger partial charge is 0.219 e. The SMILES string of the molecule is COc1ccc(OC)c([C@@H]2[C@@H]3CN(C(C)=O)CC=C3C(C#N)=C(N)C2(C#N)C#N)c1. The van der Waals surface area contributed by atoms with Crippen molar-refractivity contribution >= 4 is 5.91 Å². The fraction of sp³-hybridized carbons (Fsp3) is 0.364. The molecule has 1 aromatic carbocycles. The molecule has 2 atom stereocenters. The van der Waals surface area contributed by atoms with Crippen molar-refractivity contribution in [1.82, 2.24) is 4.90 Å². The summed E-state index contributed by atoms with van der Waals surface area (Å²) in [6, 6.07) is 11.3. The number of hydrogen-bond donors (Lipinski definition) is 1. The number of methoxy groups -OCH3 is 2. The Balaban J connectivity index is 2.38. The Bertz CT molecular complexity index is 1070. The zero-order chi connectivity index (χ0) is 22.1. The van der Waals surface area contributed by atoms with E-state index in [9.17, 15) is 20.6 Å². The number of carbonyl (C=O) groups is 1. The van der Waals surface area contributed by atoms with E-state index in [2.05, 4.69) is 18.2 Å². The number of ether oxygens (including phenoxy) is 2. The lowest BCUT2D eigenvalue weighted by Crippen LogP contribution is -2.49. The molecule has 0 spiro atoms. The molecule has 0 unspecified atom stereocenters. The second-order valence-electron chi connectivity index (χ2n) is 7.21. The highest BCUT2D eigenvalue weighted by Crippen LogP contribution is 2.56. The molecule has 1 aliphatic heterocycles. The zero-order valence-corrected chi connectivity index (χ0v) is 17.0. The van der Waals surface area contributed by atoms with Crippen molar-refractivity contribution in [2.24, 2.45) is 17.1 Å². The fourth-order valence-electron chi connectivity index (χ4n) is 4.36. The molecular weight excluding hydrogens is 382 g/mol. The first-order chi connectivity index (χ1) is 14.4. The van der Waals surface area contributed by atoms with Crippen LogP contribution in [0.25, 0.3) is 0 Å². The van der Waals surface area contributed by atoms with Crippen molar-refractivity contribution in [2.75, 3.05) is 27.3 Å². The molecule has 1 aromatic rings. The standard InChI is InChI=1S/C22H21N5O3/c1-13(28)27-7-6-15-17(9-23)21(26)22(11-24,12-25)20(18(15)10-27)16-8-14(29-2)4-5-19(16)30-3/h4-6,8,18,20H,7,10,26H2,1-3H3/t18-,20-/m1/s1. The normalized spacial score (nSPS) is 22.0. The first-order valence-corrected chi connectivity index (χ1v) is 9.29. The third kappa shape index (κ3) is 2.93. The third-order valence-electron chi connectivity index (χ3n) is 5.88. The van der Waals surface area contributed by atoms with Gasteiger partial charge in [0.05, 0.1) is 37.6 Å². The first kappa shape index (κ1) is 20.8.